The first kappa shape index (κ1) is 9.34. The van der Waals surface area contributed by atoms with Crippen LogP contribution in [0.2, 0.25) is 0 Å². The third kappa shape index (κ3) is 1.70. The zero-order valence-electron chi connectivity index (χ0n) is 7.90. The van der Waals surface area contributed by atoms with Crippen molar-refractivity contribution in [1.29, 1.82) is 5.26 Å². The van der Waals surface area contributed by atoms with Crippen molar-refractivity contribution >= 4 is 17.3 Å². The highest BCUT2D eigenvalue weighted by atomic mass is 16.3. The fourth-order valence-corrected chi connectivity index (χ4v) is 1.56. The molecule has 0 fully saturated rings. The molecule has 0 saturated carbocycles. The average Bonchev–Trinajstić information content (AvgIpc) is 2.19. The second kappa shape index (κ2) is 3.50. The van der Waals surface area contributed by atoms with Crippen LogP contribution < -0.4 is 10.2 Å². The summed E-state index contributed by atoms with van der Waals surface area (Å²) in [5, 5.41) is 20.6. The minimum atomic E-state index is -0.150. The Kier molecular flexibility index (Phi) is 2.18. The Morgan fingerprint density at radius 1 is 1.60 bits per heavy atom. The van der Waals surface area contributed by atoms with E-state index in [2.05, 4.69) is 5.32 Å². The molecule has 1 aromatic rings. The molecule has 0 radical (unpaired) electrons. The molecule has 0 aromatic heterocycles. The number of amides is 1. The smallest absolute Gasteiger partial charge is 0.243 e. The molecule has 0 saturated heterocycles. The predicted molar refractivity (Wildman–Crippen MR) is 54.6 cm³/mol. The van der Waals surface area contributed by atoms with Crippen LogP contribution >= 0.6 is 0 Å². The molecule has 2 rings (SSSR count). The fourth-order valence-electron chi connectivity index (χ4n) is 1.56. The van der Waals surface area contributed by atoms with E-state index in [9.17, 15) is 9.90 Å². The normalized spacial score (nSPS) is 14.1. The van der Waals surface area contributed by atoms with Crippen molar-refractivity contribution in [2.45, 2.75) is 0 Å². The van der Waals surface area contributed by atoms with Crippen LogP contribution in [0.5, 0.6) is 5.75 Å². The summed E-state index contributed by atoms with van der Waals surface area (Å²) < 4.78 is 0. The van der Waals surface area contributed by atoms with E-state index >= 15 is 0 Å². The van der Waals surface area contributed by atoms with Crippen molar-refractivity contribution in [3.8, 4) is 11.8 Å². The Bertz CT molecular complexity index is 450. The van der Waals surface area contributed by atoms with Gasteiger partial charge in [0, 0.05) is 6.07 Å². The summed E-state index contributed by atoms with van der Waals surface area (Å²) in [5.41, 5.74) is 1.30. The number of aromatic hydroxyl groups is 1. The van der Waals surface area contributed by atoms with Gasteiger partial charge in [0.15, 0.2) is 0 Å². The minimum Gasteiger partial charge on any atom is -0.508 e. The van der Waals surface area contributed by atoms with E-state index in [1.54, 1.807) is 11.0 Å². The Balaban J connectivity index is 2.43. The number of hydrogen-bond donors (Lipinski definition) is 2. The molecule has 0 aliphatic carbocycles. The van der Waals surface area contributed by atoms with Crippen molar-refractivity contribution in [3.05, 3.63) is 18.2 Å². The van der Waals surface area contributed by atoms with Crippen molar-refractivity contribution < 1.29 is 9.90 Å². The number of nitriles is 1. The van der Waals surface area contributed by atoms with Gasteiger partial charge >= 0.3 is 0 Å². The van der Waals surface area contributed by atoms with Crippen LogP contribution in [-0.2, 0) is 4.79 Å². The van der Waals surface area contributed by atoms with E-state index in [-0.39, 0.29) is 24.7 Å². The lowest BCUT2D eigenvalue weighted by molar-refractivity contribution is -0.115. The number of nitrogens with one attached hydrogen (secondary N) is 1. The number of fused-ring (bicyclic) bond motifs is 1. The van der Waals surface area contributed by atoms with E-state index in [1.165, 1.54) is 12.1 Å². The molecule has 5 nitrogen and oxygen atoms in total. The highest BCUT2D eigenvalue weighted by molar-refractivity contribution is 6.01. The van der Waals surface area contributed by atoms with Gasteiger partial charge in [-0.1, -0.05) is 0 Å². The number of carbonyl (C=O) groups excluding carboxylic acids is 1. The van der Waals surface area contributed by atoms with E-state index in [4.69, 9.17) is 5.26 Å². The molecule has 15 heavy (non-hydrogen) atoms. The second-order valence-electron chi connectivity index (χ2n) is 3.26. The molecule has 0 unspecified atom stereocenters. The van der Waals surface area contributed by atoms with Crippen LogP contribution in [0, 0.1) is 11.3 Å². The van der Waals surface area contributed by atoms with Crippen LogP contribution in [0.15, 0.2) is 18.2 Å². The Morgan fingerprint density at radius 2 is 2.40 bits per heavy atom. The van der Waals surface area contributed by atoms with E-state index in [0.29, 0.717) is 11.4 Å². The first-order valence-electron chi connectivity index (χ1n) is 4.45. The van der Waals surface area contributed by atoms with Gasteiger partial charge < -0.3 is 15.3 Å². The summed E-state index contributed by atoms with van der Waals surface area (Å²) in [6, 6.07) is 6.63. The number of phenols is 1. The Morgan fingerprint density at radius 3 is 3.13 bits per heavy atom. The largest absolute Gasteiger partial charge is 0.508 e. The van der Waals surface area contributed by atoms with Gasteiger partial charge in [0.25, 0.3) is 0 Å². The molecule has 0 atom stereocenters. The molecular weight excluding hydrogens is 194 g/mol. The van der Waals surface area contributed by atoms with Crippen molar-refractivity contribution in [1.82, 2.24) is 0 Å². The van der Waals surface area contributed by atoms with Crippen molar-refractivity contribution in [3.63, 3.8) is 0 Å². The number of rotatable bonds is 1. The average molecular weight is 203 g/mol. The van der Waals surface area contributed by atoms with Gasteiger partial charge in [-0.3, -0.25) is 4.79 Å². The lowest BCUT2D eigenvalue weighted by Crippen LogP contribution is -2.38. The molecule has 0 bridgehead atoms. The number of phenolic OH excluding ortho intramolecular Hbond substituents is 1. The predicted octanol–water partition coefficient (Wildman–Crippen LogP) is 0.674. The maximum atomic E-state index is 11.3. The number of benzene rings is 1. The summed E-state index contributed by atoms with van der Waals surface area (Å²) in [5.74, 6) is -0.0312. The summed E-state index contributed by atoms with van der Waals surface area (Å²) in [6.07, 6.45) is 0. The molecular formula is C10H9N3O2. The number of nitrogens with zero attached hydrogens (tertiary/aromatic N) is 2. The van der Waals surface area contributed by atoms with Crippen LogP contribution in [-0.4, -0.2) is 24.1 Å². The molecule has 5 heteroatoms. The van der Waals surface area contributed by atoms with Crippen molar-refractivity contribution in [2.75, 3.05) is 23.3 Å². The molecule has 1 aliphatic rings. The van der Waals surface area contributed by atoms with E-state index in [0.717, 1.165) is 0 Å². The van der Waals surface area contributed by atoms with Gasteiger partial charge in [0.2, 0.25) is 5.91 Å². The lowest BCUT2D eigenvalue weighted by Gasteiger charge is -2.28. The quantitative estimate of drug-likeness (QED) is 0.519. The molecule has 76 valence electrons. The highest BCUT2D eigenvalue weighted by Crippen LogP contribution is 2.32. The molecule has 1 aromatic carbocycles. The first-order chi connectivity index (χ1) is 7.20. The number of hydrogen-bond acceptors (Lipinski definition) is 4. The van der Waals surface area contributed by atoms with E-state index < -0.39 is 0 Å². The maximum Gasteiger partial charge on any atom is 0.243 e. The SMILES string of the molecule is N#CCN1CC(=O)Nc2ccc(O)cc21. The summed E-state index contributed by atoms with van der Waals surface area (Å²) >= 11 is 0. The van der Waals surface area contributed by atoms with Gasteiger partial charge in [0.1, 0.15) is 12.3 Å². The standard InChI is InChI=1S/C10H9N3O2/c11-3-4-13-6-10(15)12-8-2-1-7(14)5-9(8)13/h1-2,5,14H,4,6H2,(H,12,15). The second-order valence-corrected chi connectivity index (χ2v) is 3.26. The maximum absolute atomic E-state index is 11.3. The molecule has 1 aliphatic heterocycles. The third-order valence-electron chi connectivity index (χ3n) is 2.19. The van der Waals surface area contributed by atoms with E-state index in [1.807, 2.05) is 6.07 Å². The van der Waals surface area contributed by atoms with Crippen LogP contribution in [0.25, 0.3) is 0 Å². The zero-order valence-corrected chi connectivity index (χ0v) is 7.90. The van der Waals surface area contributed by atoms with Crippen LogP contribution in [0.4, 0.5) is 11.4 Å². The molecule has 2 N–H and O–H groups in total. The summed E-state index contributed by atoms with van der Waals surface area (Å²) in [6.45, 7) is 0.272. The van der Waals surface area contributed by atoms with Crippen molar-refractivity contribution in [2.24, 2.45) is 0 Å². The van der Waals surface area contributed by atoms with Gasteiger partial charge in [-0.2, -0.15) is 5.26 Å². The van der Waals surface area contributed by atoms with Crippen LogP contribution in [0.1, 0.15) is 0 Å². The van der Waals surface area contributed by atoms with Gasteiger partial charge in [-0.05, 0) is 12.1 Å². The Hall–Kier alpha value is -2.22. The van der Waals surface area contributed by atoms with Crippen LogP contribution in [0.3, 0.4) is 0 Å². The van der Waals surface area contributed by atoms with Gasteiger partial charge in [-0.25, -0.2) is 0 Å². The van der Waals surface area contributed by atoms with Gasteiger partial charge in [-0.15, -0.1) is 0 Å². The monoisotopic (exact) mass is 203 g/mol. The molecule has 1 amide bonds. The molecule has 1 heterocycles. The zero-order chi connectivity index (χ0) is 10.8. The molecule has 0 spiro atoms. The number of anilines is 2. The van der Waals surface area contributed by atoms with Gasteiger partial charge in [0.05, 0.1) is 24.0 Å². The summed E-state index contributed by atoms with van der Waals surface area (Å²) in [4.78, 5) is 12.9. The lowest BCUT2D eigenvalue weighted by atomic mass is 10.2. The fraction of sp³-hybridized carbons (Fsp3) is 0.200. The number of carbonyl (C=O) groups is 1. The summed E-state index contributed by atoms with van der Waals surface area (Å²) in [7, 11) is 0. The topological polar surface area (TPSA) is 76.4 Å². The minimum absolute atomic E-state index is 0.118. The highest BCUT2D eigenvalue weighted by Gasteiger charge is 2.21. The Labute approximate surface area is 86.5 Å². The third-order valence-corrected chi connectivity index (χ3v) is 2.19. The first-order valence-corrected chi connectivity index (χ1v) is 4.45.